The highest BCUT2D eigenvalue weighted by Crippen LogP contribution is 2.60. The van der Waals surface area contributed by atoms with Gasteiger partial charge in [0, 0.05) is 32.4 Å². The van der Waals surface area contributed by atoms with Crippen LogP contribution in [-0.4, -0.2) is 60.6 Å². The van der Waals surface area contributed by atoms with Crippen LogP contribution in [0.1, 0.15) is 37.5 Å². The molecular formula is C31H21Br2Cl2N3O8. The number of Topliss-reactive ketones (excluding diaryl/α,β-unsaturated/α-hetero) is 1. The van der Waals surface area contributed by atoms with Crippen molar-refractivity contribution in [2.45, 2.75) is 16.1 Å². The standard InChI is InChI=1S/C31H21Br2Cl2N3O8/c32-26-20-12-21(27(26)33)25-24(20)29(41)37(30(25)42)36(28(40)19-10-5-16(34)11-22(19)35)13-23(39)14-3-8-18(9-4-14)46-31(43)15-1-6-17(7-2-15)38(44)45/h1-11,20-21,24-27H,12-13H2/t20-,21-,24-,25+,26-,27+/m1/s1. The summed E-state index contributed by atoms with van der Waals surface area (Å²) in [6.45, 7) is -0.665. The Morgan fingerprint density at radius 3 is 2.00 bits per heavy atom. The molecule has 1 aliphatic heterocycles. The smallest absolute Gasteiger partial charge is 0.343 e. The van der Waals surface area contributed by atoms with Crippen molar-refractivity contribution in [3.05, 3.63) is 104 Å². The summed E-state index contributed by atoms with van der Waals surface area (Å²) in [6, 6.07) is 14.5. The van der Waals surface area contributed by atoms with Crippen LogP contribution >= 0.6 is 55.1 Å². The van der Waals surface area contributed by atoms with Crippen LogP contribution in [-0.2, 0) is 9.59 Å². The number of ether oxygens (including phenoxy) is 1. The Morgan fingerprint density at radius 1 is 0.891 bits per heavy atom. The number of carbonyl (C=O) groups excluding carboxylic acids is 5. The number of hydrogen-bond acceptors (Lipinski definition) is 8. The summed E-state index contributed by atoms with van der Waals surface area (Å²) in [5.41, 5.74) is -0.0468. The summed E-state index contributed by atoms with van der Waals surface area (Å²) in [7, 11) is 0. The Hall–Kier alpha value is -3.65. The van der Waals surface area contributed by atoms with Gasteiger partial charge in [-0.15, -0.1) is 0 Å². The van der Waals surface area contributed by atoms with Crippen LogP contribution in [0, 0.1) is 33.8 Å². The van der Waals surface area contributed by atoms with Gasteiger partial charge in [-0.2, -0.15) is 5.01 Å². The number of alkyl halides is 2. The maximum atomic E-state index is 13.9. The monoisotopic (exact) mass is 791 g/mol. The number of fused-ring (bicyclic) bond motifs is 5. The fourth-order valence-electron chi connectivity index (χ4n) is 6.43. The predicted molar refractivity (Wildman–Crippen MR) is 172 cm³/mol. The number of non-ortho nitro benzene ring substituents is 1. The van der Waals surface area contributed by atoms with Gasteiger partial charge >= 0.3 is 5.97 Å². The molecule has 3 aromatic carbocycles. The number of nitrogens with zero attached hydrogens (tertiary/aromatic N) is 3. The molecule has 3 amide bonds. The third-order valence-electron chi connectivity index (χ3n) is 8.60. The lowest BCUT2D eigenvalue weighted by atomic mass is 9.81. The zero-order chi connectivity index (χ0) is 33.0. The third-order valence-corrected chi connectivity index (χ3v) is 12.3. The molecule has 0 unspecified atom stereocenters. The molecule has 0 aromatic heterocycles. The number of nitro groups is 1. The molecule has 0 spiro atoms. The van der Waals surface area contributed by atoms with Gasteiger partial charge in [0.2, 0.25) is 0 Å². The van der Waals surface area contributed by atoms with Crippen LogP contribution < -0.4 is 4.74 Å². The first kappa shape index (κ1) is 32.3. The van der Waals surface area contributed by atoms with Crippen LogP contribution in [0.4, 0.5) is 5.69 Å². The lowest BCUT2D eigenvalue weighted by Gasteiger charge is -2.31. The van der Waals surface area contributed by atoms with Crippen LogP contribution in [0.3, 0.4) is 0 Å². The molecule has 46 heavy (non-hydrogen) atoms. The van der Waals surface area contributed by atoms with E-state index in [1.807, 2.05) is 0 Å². The van der Waals surface area contributed by atoms with Crippen LogP contribution in [0.15, 0.2) is 66.7 Å². The van der Waals surface area contributed by atoms with Gasteiger partial charge in [0.15, 0.2) is 5.78 Å². The van der Waals surface area contributed by atoms with E-state index in [0.29, 0.717) is 6.42 Å². The average molecular weight is 794 g/mol. The first-order valence-corrected chi connectivity index (χ1v) is 16.5. The molecule has 6 rings (SSSR count). The quantitative estimate of drug-likeness (QED) is 0.0504. The van der Waals surface area contributed by atoms with E-state index in [2.05, 4.69) is 31.9 Å². The molecule has 3 aromatic rings. The van der Waals surface area contributed by atoms with Crippen LogP contribution in [0.2, 0.25) is 10.0 Å². The molecule has 0 radical (unpaired) electrons. The SMILES string of the molecule is O=C(CN(C(=O)c1ccc(Cl)cc1Cl)N1C(=O)[C@@H]2[C@H]3C[C@@H]([C@H](Br)[C@@H]3Br)[C@@H]2C1=O)c1ccc(OC(=O)c2ccc([N+](=O)[O-])cc2)cc1. The predicted octanol–water partition coefficient (Wildman–Crippen LogP) is 6.14. The maximum Gasteiger partial charge on any atom is 0.343 e. The van der Waals surface area contributed by atoms with Gasteiger partial charge < -0.3 is 4.74 Å². The Bertz CT molecular complexity index is 1770. The van der Waals surface area contributed by atoms with E-state index < -0.39 is 52.8 Å². The number of hydrogen-bond donors (Lipinski definition) is 0. The zero-order valence-corrected chi connectivity index (χ0v) is 28.0. The Kier molecular flexibility index (Phi) is 8.79. The minimum atomic E-state index is -0.830. The van der Waals surface area contributed by atoms with Gasteiger partial charge in [-0.3, -0.25) is 29.3 Å². The first-order chi connectivity index (χ1) is 21.9. The van der Waals surface area contributed by atoms with Gasteiger partial charge in [0.25, 0.3) is 23.4 Å². The first-order valence-electron chi connectivity index (χ1n) is 13.9. The topological polar surface area (TPSA) is 144 Å². The van der Waals surface area contributed by atoms with Gasteiger partial charge in [-0.25, -0.2) is 9.80 Å². The Morgan fingerprint density at radius 2 is 1.46 bits per heavy atom. The number of ketones is 1. The highest BCUT2D eigenvalue weighted by molar-refractivity contribution is 9.12. The number of nitro benzene ring substituents is 1. The molecule has 15 heteroatoms. The number of esters is 1. The summed E-state index contributed by atoms with van der Waals surface area (Å²) >= 11 is 19.6. The number of imide groups is 1. The lowest BCUT2D eigenvalue weighted by molar-refractivity contribution is -0.384. The largest absolute Gasteiger partial charge is 0.423 e. The summed E-state index contributed by atoms with van der Waals surface area (Å²) < 4.78 is 5.32. The van der Waals surface area contributed by atoms with E-state index in [0.717, 1.165) is 10.0 Å². The number of halogens is 4. The number of hydrazine groups is 1. The average Bonchev–Trinajstić information content (AvgIpc) is 3.64. The molecule has 236 valence electrons. The van der Waals surface area contributed by atoms with E-state index in [1.54, 1.807) is 0 Å². The van der Waals surface area contributed by atoms with Gasteiger partial charge in [-0.05, 0) is 72.9 Å². The van der Waals surface area contributed by atoms with Crippen molar-refractivity contribution < 1.29 is 33.6 Å². The highest BCUT2D eigenvalue weighted by Gasteiger charge is 2.67. The van der Waals surface area contributed by atoms with E-state index in [9.17, 15) is 34.1 Å². The molecule has 3 fully saturated rings. The van der Waals surface area contributed by atoms with Crippen molar-refractivity contribution >= 4 is 90.2 Å². The van der Waals surface area contributed by atoms with Crippen molar-refractivity contribution in [3.8, 4) is 5.75 Å². The molecular weight excluding hydrogens is 773 g/mol. The minimum Gasteiger partial charge on any atom is -0.423 e. The second-order valence-electron chi connectivity index (χ2n) is 11.1. The van der Waals surface area contributed by atoms with Crippen molar-refractivity contribution in [1.29, 1.82) is 0 Å². The number of benzene rings is 3. The van der Waals surface area contributed by atoms with Crippen LogP contribution in [0.5, 0.6) is 5.75 Å². The van der Waals surface area contributed by atoms with Gasteiger partial charge in [0.05, 0.1) is 32.9 Å². The molecule has 2 aliphatic carbocycles. The highest BCUT2D eigenvalue weighted by atomic mass is 79.9. The molecule has 2 bridgehead atoms. The molecule has 1 heterocycles. The number of rotatable bonds is 8. The van der Waals surface area contributed by atoms with Crippen LogP contribution in [0.25, 0.3) is 0 Å². The van der Waals surface area contributed by atoms with Crippen molar-refractivity contribution in [1.82, 2.24) is 10.0 Å². The molecule has 2 saturated carbocycles. The number of amides is 3. The van der Waals surface area contributed by atoms with E-state index in [1.165, 1.54) is 66.7 Å². The second-order valence-corrected chi connectivity index (χ2v) is 14.1. The second kappa shape index (κ2) is 12.5. The fourth-order valence-corrected chi connectivity index (χ4v) is 8.79. The third kappa shape index (κ3) is 5.63. The van der Waals surface area contributed by atoms with E-state index in [4.69, 9.17) is 27.9 Å². The summed E-state index contributed by atoms with van der Waals surface area (Å²) in [6.07, 6.45) is 0.684. The molecule has 0 N–H and O–H groups in total. The zero-order valence-electron chi connectivity index (χ0n) is 23.3. The molecule has 6 atom stereocenters. The van der Waals surface area contributed by atoms with Crippen molar-refractivity contribution in [3.63, 3.8) is 0 Å². The van der Waals surface area contributed by atoms with Crippen molar-refractivity contribution in [2.24, 2.45) is 23.7 Å². The minimum absolute atomic E-state index is 0.0189. The normalized spacial score (nSPS) is 24.6. The summed E-state index contributed by atoms with van der Waals surface area (Å²) in [5.74, 6) is -4.72. The number of carbonyl (C=O) groups is 5. The lowest BCUT2D eigenvalue weighted by Crippen LogP contribution is -2.52. The Labute approximate surface area is 288 Å². The van der Waals surface area contributed by atoms with Gasteiger partial charge in [-0.1, -0.05) is 55.1 Å². The Balaban J connectivity index is 1.24. The van der Waals surface area contributed by atoms with E-state index in [-0.39, 0.29) is 59.7 Å². The fraction of sp³-hybridized carbons (Fsp3) is 0.258. The molecule has 11 nitrogen and oxygen atoms in total. The summed E-state index contributed by atoms with van der Waals surface area (Å²) in [5, 5.41) is 12.7. The maximum absolute atomic E-state index is 13.9. The van der Waals surface area contributed by atoms with Gasteiger partial charge in [0.1, 0.15) is 12.3 Å². The summed E-state index contributed by atoms with van der Waals surface area (Å²) in [4.78, 5) is 77.8. The van der Waals surface area contributed by atoms with E-state index >= 15 is 0 Å². The molecule has 1 saturated heterocycles. The molecule has 3 aliphatic rings. The van der Waals surface area contributed by atoms with Crippen molar-refractivity contribution in [2.75, 3.05) is 6.54 Å².